The standard InChI is InChI=1S/C16H23ClN2O/c1-11-7-8-14(17)9-15(11)18-16(20)10-19-12(2)5-4-6-13(19)3/h7-9,12-13H,4-6,10H2,1-3H3,(H,18,20). The molecule has 1 N–H and O–H groups in total. The van der Waals surface area contributed by atoms with Gasteiger partial charge in [-0.1, -0.05) is 24.1 Å². The predicted octanol–water partition coefficient (Wildman–Crippen LogP) is 3.85. The van der Waals surface area contributed by atoms with E-state index in [1.807, 2.05) is 19.1 Å². The number of hydrogen-bond acceptors (Lipinski definition) is 2. The number of hydrogen-bond donors (Lipinski definition) is 1. The number of anilines is 1. The fourth-order valence-electron chi connectivity index (χ4n) is 2.87. The third-order valence-electron chi connectivity index (χ3n) is 4.18. The van der Waals surface area contributed by atoms with Gasteiger partial charge in [0.15, 0.2) is 0 Å². The maximum Gasteiger partial charge on any atom is 0.238 e. The summed E-state index contributed by atoms with van der Waals surface area (Å²) in [5.41, 5.74) is 1.84. The first-order valence-corrected chi connectivity index (χ1v) is 7.67. The van der Waals surface area contributed by atoms with Crippen LogP contribution >= 0.6 is 11.6 Å². The molecular formula is C16H23ClN2O. The third-order valence-corrected chi connectivity index (χ3v) is 4.41. The molecule has 0 radical (unpaired) electrons. The lowest BCUT2D eigenvalue weighted by Gasteiger charge is -2.38. The molecule has 110 valence electrons. The molecule has 0 aliphatic carbocycles. The summed E-state index contributed by atoms with van der Waals surface area (Å²) >= 11 is 5.98. The third kappa shape index (κ3) is 3.74. The van der Waals surface area contributed by atoms with E-state index in [1.54, 1.807) is 6.07 Å². The molecule has 0 bridgehead atoms. The van der Waals surface area contributed by atoms with E-state index in [2.05, 4.69) is 24.1 Å². The molecule has 1 saturated heterocycles. The number of carbonyl (C=O) groups excluding carboxylic acids is 1. The van der Waals surface area contributed by atoms with Gasteiger partial charge in [0.05, 0.1) is 6.54 Å². The maximum absolute atomic E-state index is 12.2. The highest BCUT2D eigenvalue weighted by molar-refractivity contribution is 6.31. The topological polar surface area (TPSA) is 32.3 Å². The Bertz CT molecular complexity index is 479. The number of amides is 1. The summed E-state index contributed by atoms with van der Waals surface area (Å²) in [5.74, 6) is 0.0379. The SMILES string of the molecule is Cc1ccc(Cl)cc1NC(=O)CN1C(C)CCCC1C. The van der Waals surface area contributed by atoms with Gasteiger partial charge in [-0.3, -0.25) is 9.69 Å². The van der Waals surface area contributed by atoms with Crippen molar-refractivity contribution in [1.29, 1.82) is 0 Å². The van der Waals surface area contributed by atoms with Gasteiger partial charge < -0.3 is 5.32 Å². The van der Waals surface area contributed by atoms with Crippen LogP contribution in [0.5, 0.6) is 0 Å². The van der Waals surface area contributed by atoms with E-state index in [1.165, 1.54) is 19.3 Å². The van der Waals surface area contributed by atoms with Crippen LogP contribution in [0.4, 0.5) is 5.69 Å². The average Bonchev–Trinajstić information content (AvgIpc) is 2.38. The Hall–Kier alpha value is -1.06. The van der Waals surface area contributed by atoms with Crippen LogP contribution in [-0.4, -0.2) is 29.4 Å². The van der Waals surface area contributed by atoms with Crippen molar-refractivity contribution in [1.82, 2.24) is 4.90 Å². The minimum atomic E-state index is 0.0379. The lowest BCUT2D eigenvalue weighted by Crippen LogP contribution is -2.47. The van der Waals surface area contributed by atoms with Crippen LogP contribution in [0.1, 0.15) is 38.7 Å². The maximum atomic E-state index is 12.2. The highest BCUT2D eigenvalue weighted by Gasteiger charge is 2.26. The molecule has 0 aromatic heterocycles. The van der Waals surface area contributed by atoms with Gasteiger partial charge in [-0.2, -0.15) is 0 Å². The number of piperidine rings is 1. The molecule has 2 rings (SSSR count). The molecule has 0 spiro atoms. The molecule has 20 heavy (non-hydrogen) atoms. The number of halogens is 1. The zero-order valence-corrected chi connectivity index (χ0v) is 13.2. The highest BCUT2D eigenvalue weighted by atomic mass is 35.5. The van der Waals surface area contributed by atoms with Crippen molar-refractivity contribution in [3.8, 4) is 0 Å². The number of rotatable bonds is 3. The largest absolute Gasteiger partial charge is 0.325 e. The summed E-state index contributed by atoms with van der Waals surface area (Å²) in [5, 5.41) is 3.62. The van der Waals surface area contributed by atoms with Crippen molar-refractivity contribution >= 4 is 23.2 Å². The number of nitrogens with one attached hydrogen (secondary N) is 1. The lowest BCUT2D eigenvalue weighted by molar-refractivity contribution is -0.118. The Morgan fingerprint density at radius 3 is 2.65 bits per heavy atom. The van der Waals surface area contributed by atoms with Crippen molar-refractivity contribution in [2.45, 2.75) is 52.1 Å². The van der Waals surface area contributed by atoms with E-state index in [4.69, 9.17) is 11.6 Å². The van der Waals surface area contributed by atoms with Crippen LogP contribution in [0.25, 0.3) is 0 Å². The smallest absolute Gasteiger partial charge is 0.238 e. The molecule has 1 amide bonds. The molecule has 2 unspecified atom stereocenters. The summed E-state index contributed by atoms with van der Waals surface area (Å²) in [6.07, 6.45) is 3.61. The molecule has 1 aliphatic rings. The van der Waals surface area contributed by atoms with Gasteiger partial charge in [0.25, 0.3) is 0 Å². The fraction of sp³-hybridized carbons (Fsp3) is 0.562. The molecule has 1 aromatic carbocycles. The van der Waals surface area contributed by atoms with Crippen molar-refractivity contribution in [2.75, 3.05) is 11.9 Å². The quantitative estimate of drug-likeness (QED) is 0.918. The lowest BCUT2D eigenvalue weighted by atomic mass is 9.97. The van der Waals surface area contributed by atoms with Crippen molar-refractivity contribution < 1.29 is 4.79 Å². The Morgan fingerprint density at radius 1 is 1.35 bits per heavy atom. The summed E-state index contributed by atoms with van der Waals surface area (Å²) < 4.78 is 0. The number of aryl methyl sites for hydroxylation is 1. The Morgan fingerprint density at radius 2 is 2.00 bits per heavy atom. The molecule has 4 heteroatoms. The minimum absolute atomic E-state index is 0.0379. The summed E-state index contributed by atoms with van der Waals surface area (Å²) in [6.45, 7) is 6.83. The van der Waals surface area contributed by atoms with Gasteiger partial charge in [-0.05, 0) is 51.3 Å². The molecule has 3 nitrogen and oxygen atoms in total. The predicted molar refractivity (Wildman–Crippen MR) is 84.3 cm³/mol. The normalized spacial score (nSPS) is 23.6. The van der Waals surface area contributed by atoms with Crippen molar-refractivity contribution in [3.63, 3.8) is 0 Å². The van der Waals surface area contributed by atoms with E-state index in [0.29, 0.717) is 23.7 Å². The van der Waals surface area contributed by atoms with Gasteiger partial charge in [-0.15, -0.1) is 0 Å². The summed E-state index contributed by atoms with van der Waals surface area (Å²) in [6, 6.07) is 6.51. The zero-order chi connectivity index (χ0) is 14.7. The number of likely N-dealkylation sites (tertiary alicyclic amines) is 1. The summed E-state index contributed by atoms with van der Waals surface area (Å²) in [4.78, 5) is 14.5. The van der Waals surface area contributed by atoms with E-state index in [-0.39, 0.29) is 5.91 Å². The van der Waals surface area contributed by atoms with Crippen molar-refractivity contribution in [3.05, 3.63) is 28.8 Å². The molecular weight excluding hydrogens is 272 g/mol. The first kappa shape index (κ1) is 15.3. The number of carbonyl (C=O) groups is 1. The molecule has 2 atom stereocenters. The Kier molecular flexibility index (Phi) is 5.06. The first-order chi connectivity index (χ1) is 9.47. The second kappa shape index (κ2) is 6.59. The average molecular weight is 295 g/mol. The molecule has 0 saturated carbocycles. The zero-order valence-electron chi connectivity index (χ0n) is 12.4. The first-order valence-electron chi connectivity index (χ1n) is 7.29. The number of benzene rings is 1. The van der Waals surface area contributed by atoms with E-state index >= 15 is 0 Å². The number of nitrogens with zero attached hydrogens (tertiary/aromatic N) is 1. The molecule has 1 heterocycles. The molecule has 1 aromatic rings. The second-order valence-corrected chi connectivity index (χ2v) is 6.25. The van der Waals surface area contributed by atoms with E-state index in [9.17, 15) is 4.79 Å². The van der Waals surface area contributed by atoms with Crippen LogP contribution in [0.2, 0.25) is 5.02 Å². The molecule has 1 fully saturated rings. The Labute approximate surface area is 126 Å². The van der Waals surface area contributed by atoms with Crippen LogP contribution in [0.3, 0.4) is 0 Å². The van der Waals surface area contributed by atoms with Crippen LogP contribution in [0, 0.1) is 6.92 Å². The molecule has 1 aliphatic heterocycles. The van der Waals surface area contributed by atoms with Gasteiger partial charge in [0, 0.05) is 22.8 Å². The van der Waals surface area contributed by atoms with Crippen LogP contribution in [-0.2, 0) is 4.79 Å². The van der Waals surface area contributed by atoms with Crippen molar-refractivity contribution in [2.24, 2.45) is 0 Å². The van der Waals surface area contributed by atoms with Gasteiger partial charge in [0.1, 0.15) is 0 Å². The van der Waals surface area contributed by atoms with Gasteiger partial charge in [-0.25, -0.2) is 0 Å². The van der Waals surface area contributed by atoms with Gasteiger partial charge in [0.2, 0.25) is 5.91 Å². The van der Waals surface area contributed by atoms with E-state index in [0.717, 1.165) is 11.3 Å². The minimum Gasteiger partial charge on any atom is -0.325 e. The van der Waals surface area contributed by atoms with Crippen LogP contribution < -0.4 is 5.32 Å². The van der Waals surface area contributed by atoms with E-state index < -0.39 is 0 Å². The second-order valence-electron chi connectivity index (χ2n) is 5.81. The van der Waals surface area contributed by atoms with Crippen LogP contribution in [0.15, 0.2) is 18.2 Å². The fourth-order valence-corrected chi connectivity index (χ4v) is 3.04. The summed E-state index contributed by atoms with van der Waals surface area (Å²) in [7, 11) is 0. The highest BCUT2D eigenvalue weighted by Crippen LogP contribution is 2.23. The Balaban J connectivity index is 1.99. The van der Waals surface area contributed by atoms with Gasteiger partial charge >= 0.3 is 0 Å². The monoisotopic (exact) mass is 294 g/mol.